The van der Waals surface area contributed by atoms with Crippen LogP contribution in [0.1, 0.15) is 39.2 Å². The highest BCUT2D eigenvalue weighted by atomic mass is 16.1. The summed E-state index contributed by atoms with van der Waals surface area (Å²) in [5.74, 6) is 0.910. The van der Waals surface area contributed by atoms with Crippen molar-refractivity contribution in [2.45, 2.75) is 39.2 Å². The second kappa shape index (κ2) is 5.87. The Hall–Kier alpha value is -1.83. The van der Waals surface area contributed by atoms with Crippen LogP contribution < -0.4 is 10.5 Å². The fraction of sp³-hybridized carbons (Fsp3) is 0.643. The minimum atomic E-state index is -0.0245. The highest BCUT2D eigenvalue weighted by Crippen LogP contribution is 2.33. The van der Waals surface area contributed by atoms with Gasteiger partial charge < -0.3 is 9.47 Å². The number of nitriles is 1. The highest BCUT2D eigenvalue weighted by molar-refractivity contribution is 5.36. The van der Waals surface area contributed by atoms with Crippen LogP contribution >= 0.6 is 0 Å². The zero-order valence-electron chi connectivity index (χ0n) is 11.5. The van der Waals surface area contributed by atoms with Gasteiger partial charge in [0.2, 0.25) is 0 Å². The molecule has 0 amide bonds. The molecule has 1 aliphatic rings. The molecule has 19 heavy (non-hydrogen) atoms. The molecule has 0 unspecified atom stereocenters. The van der Waals surface area contributed by atoms with Gasteiger partial charge in [-0.05, 0) is 18.8 Å². The number of nitrogens with zero attached hydrogens (tertiary/aromatic N) is 4. The van der Waals surface area contributed by atoms with Gasteiger partial charge in [-0.1, -0.05) is 13.8 Å². The second-order valence-electron chi connectivity index (χ2n) is 5.44. The zero-order chi connectivity index (χ0) is 13.8. The largest absolute Gasteiger partial charge is 0.351 e. The summed E-state index contributed by atoms with van der Waals surface area (Å²) in [7, 11) is 0. The first-order chi connectivity index (χ1) is 9.13. The molecule has 0 radical (unpaired) electrons. The van der Waals surface area contributed by atoms with E-state index < -0.39 is 0 Å². The zero-order valence-corrected chi connectivity index (χ0v) is 11.5. The van der Waals surface area contributed by atoms with Crippen LogP contribution in [0.25, 0.3) is 0 Å². The number of aromatic nitrogens is 2. The van der Waals surface area contributed by atoms with Crippen molar-refractivity contribution in [2.75, 3.05) is 18.0 Å². The van der Waals surface area contributed by atoms with Crippen molar-refractivity contribution in [3.05, 3.63) is 22.7 Å². The van der Waals surface area contributed by atoms with Gasteiger partial charge in [0, 0.05) is 31.5 Å². The van der Waals surface area contributed by atoms with Crippen LogP contribution in [-0.2, 0) is 0 Å². The third-order valence-electron chi connectivity index (χ3n) is 3.17. The Morgan fingerprint density at radius 2 is 2.32 bits per heavy atom. The minimum absolute atomic E-state index is 0.0245. The number of rotatable bonds is 6. The summed E-state index contributed by atoms with van der Waals surface area (Å²) >= 11 is 0. The summed E-state index contributed by atoms with van der Waals surface area (Å²) in [5.41, 5.74) is -0.0245. The van der Waals surface area contributed by atoms with Crippen LogP contribution in [0.3, 0.4) is 0 Å². The van der Waals surface area contributed by atoms with E-state index in [4.69, 9.17) is 5.26 Å². The Labute approximate surface area is 113 Å². The van der Waals surface area contributed by atoms with Crippen LogP contribution in [0, 0.1) is 17.2 Å². The molecule has 1 fully saturated rings. The van der Waals surface area contributed by atoms with Crippen molar-refractivity contribution < 1.29 is 0 Å². The average Bonchev–Trinajstić information content (AvgIpc) is 3.19. The smallest absolute Gasteiger partial charge is 0.293 e. The Morgan fingerprint density at radius 3 is 2.89 bits per heavy atom. The van der Waals surface area contributed by atoms with Crippen molar-refractivity contribution in [2.24, 2.45) is 5.92 Å². The van der Waals surface area contributed by atoms with Gasteiger partial charge in [-0.25, -0.2) is 4.98 Å². The fourth-order valence-electron chi connectivity index (χ4n) is 2.18. The van der Waals surface area contributed by atoms with Crippen LogP contribution in [-0.4, -0.2) is 22.6 Å². The first kappa shape index (κ1) is 13.6. The molecule has 2 rings (SSSR count). The molecule has 0 bridgehead atoms. The van der Waals surface area contributed by atoms with Crippen LogP contribution in [0.2, 0.25) is 0 Å². The summed E-state index contributed by atoms with van der Waals surface area (Å²) in [5, 5.41) is 8.74. The molecule has 5 nitrogen and oxygen atoms in total. The van der Waals surface area contributed by atoms with Gasteiger partial charge in [0.15, 0.2) is 5.82 Å². The molecular weight excluding hydrogens is 240 g/mol. The fourth-order valence-corrected chi connectivity index (χ4v) is 2.18. The SMILES string of the molecule is CC(C)CN(CCC#N)c1nccn(C2CC2)c1=O. The topological polar surface area (TPSA) is 61.9 Å². The van der Waals surface area contributed by atoms with E-state index in [9.17, 15) is 4.79 Å². The molecule has 0 atom stereocenters. The van der Waals surface area contributed by atoms with Crippen LogP contribution in [0.5, 0.6) is 0 Å². The molecule has 1 heterocycles. The van der Waals surface area contributed by atoms with E-state index in [1.807, 2.05) is 4.90 Å². The first-order valence-electron chi connectivity index (χ1n) is 6.82. The van der Waals surface area contributed by atoms with Gasteiger partial charge in [-0.3, -0.25) is 4.79 Å². The molecule has 1 aromatic rings. The van der Waals surface area contributed by atoms with E-state index in [1.54, 1.807) is 17.0 Å². The predicted molar refractivity (Wildman–Crippen MR) is 74.0 cm³/mol. The molecule has 1 aliphatic carbocycles. The predicted octanol–water partition coefficient (Wildman–Crippen LogP) is 1.95. The molecule has 1 aromatic heterocycles. The Kier molecular flexibility index (Phi) is 4.20. The van der Waals surface area contributed by atoms with Gasteiger partial charge in [0.05, 0.1) is 12.5 Å². The summed E-state index contributed by atoms with van der Waals surface area (Å²) < 4.78 is 1.78. The van der Waals surface area contributed by atoms with E-state index in [1.165, 1.54) is 0 Å². The second-order valence-corrected chi connectivity index (χ2v) is 5.44. The van der Waals surface area contributed by atoms with Gasteiger partial charge in [0.25, 0.3) is 5.56 Å². The maximum Gasteiger partial charge on any atom is 0.293 e. The first-order valence-corrected chi connectivity index (χ1v) is 6.82. The van der Waals surface area contributed by atoms with Gasteiger partial charge in [0.1, 0.15) is 0 Å². The van der Waals surface area contributed by atoms with Gasteiger partial charge in [-0.15, -0.1) is 0 Å². The summed E-state index contributed by atoms with van der Waals surface area (Å²) in [6.45, 7) is 5.51. The lowest BCUT2D eigenvalue weighted by molar-refractivity contribution is 0.598. The molecule has 0 spiro atoms. The quantitative estimate of drug-likeness (QED) is 0.784. The van der Waals surface area contributed by atoms with Crippen molar-refractivity contribution in [1.82, 2.24) is 9.55 Å². The van der Waals surface area contributed by atoms with Crippen LogP contribution in [0.4, 0.5) is 5.82 Å². The Morgan fingerprint density at radius 1 is 1.58 bits per heavy atom. The third kappa shape index (κ3) is 3.34. The van der Waals surface area contributed by atoms with Crippen molar-refractivity contribution in [3.8, 4) is 6.07 Å². The van der Waals surface area contributed by atoms with Crippen molar-refractivity contribution in [1.29, 1.82) is 5.26 Å². The van der Waals surface area contributed by atoms with Gasteiger partial charge in [-0.2, -0.15) is 5.26 Å². The molecule has 0 aromatic carbocycles. The minimum Gasteiger partial charge on any atom is -0.351 e. The Bertz CT molecular complexity index is 525. The normalized spacial score (nSPS) is 14.4. The van der Waals surface area contributed by atoms with Crippen molar-refractivity contribution in [3.63, 3.8) is 0 Å². The highest BCUT2D eigenvalue weighted by Gasteiger charge is 2.26. The lowest BCUT2D eigenvalue weighted by atomic mass is 10.2. The maximum absolute atomic E-state index is 12.4. The monoisotopic (exact) mass is 260 g/mol. The summed E-state index contributed by atoms with van der Waals surface area (Å²) in [6, 6.07) is 2.48. The average molecular weight is 260 g/mol. The van der Waals surface area contributed by atoms with E-state index in [0.29, 0.717) is 30.7 Å². The van der Waals surface area contributed by atoms with E-state index in [2.05, 4.69) is 24.9 Å². The molecule has 102 valence electrons. The molecule has 5 heteroatoms. The number of hydrogen-bond donors (Lipinski definition) is 0. The maximum atomic E-state index is 12.4. The van der Waals surface area contributed by atoms with E-state index in [0.717, 1.165) is 19.4 Å². The summed E-state index contributed by atoms with van der Waals surface area (Å²) in [6.07, 6.45) is 6.01. The molecular formula is C14H20N4O. The number of anilines is 1. The van der Waals surface area contributed by atoms with Crippen LogP contribution in [0.15, 0.2) is 17.2 Å². The molecule has 1 saturated carbocycles. The van der Waals surface area contributed by atoms with Gasteiger partial charge >= 0.3 is 0 Å². The van der Waals surface area contributed by atoms with E-state index in [-0.39, 0.29) is 5.56 Å². The van der Waals surface area contributed by atoms with E-state index >= 15 is 0 Å². The lowest BCUT2D eigenvalue weighted by Gasteiger charge is -2.24. The Balaban J connectivity index is 2.27. The standard InChI is InChI=1S/C14H20N4O/c1-11(2)10-17(8-3-6-15)13-14(19)18(9-7-16-13)12-4-5-12/h7,9,11-12H,3-5,8,10H2,1-2H3. The lowest BCUT2D eigenvalue weighted by Crippen LogP contribution is -2.36. The molecule has 0 N–H and O–H groups in total. The summed E-state index contributed by atoms with van der Waals surface area (Å²) in [4.78, 5) is 18.6. The molecule has 0 aliphatic heterocycles. The molecule has 0 saturated heterocycles. The van der Waals surface area contributed by atoms with Crippen molar-refractivity contribution >= 4 is 5.82 Å². The number of hydrogen-bond acceptors (Lipinski definition) is 4. The third-order valence-corrected chi connectivity index (χ3v) is 3.17.